The van der Waals surface area contributed by atoms with Crippen molar-refractivity contribution in [3.63, 3.8) is 0 Å². The summed E-state index contributed by atoms with van der Waals surface area (Å²) in [6, 6.07) is 14.9. The Morgan fingerprint density at radius 3 is 2.59 bits per heavy atom. The molecule has 0 radical (unpaired) electrons. The number of fused-ring (bicyclic) bond motifs is 1. The number of hydrogen-bond donors (Lipinski definition) is 2. The Bertz CT molecular complexity index is 800. The highest BCUT2D eigenvalue weighted by Crippen LogP contribution is 2.40. The Kier molecular flexibility index (Phi) is 6.53. The van der Waals surface area contributed by atoms with Crippen LogP contribution in [0.2, 0.25) is 0 Å². The molecule has 2 aliphatic heterocycles. The Balaban J connectivity index is 1.43. The first-order valence-electron chi connectivity index (χ1n) is 11.1. The Morgan fingerprint density at radius 1 is 1.10 bits per heavy atom. The average Bonchev–Trinajstić information content (AvgIpc) is 2.76. The topological polar surface area (TPSA) is 44.7 Å². The minimum Gasteiger partial charge on any atom is -0.507 e. The molecule has 4 nitrogen and oxygen atoms in total. The Morgan fingerprint density at radius 2 is 1.86 bits per heavy atom. The number of nitrogens with zero attached hydrogens (tertiary/aromatic N) is 1. The van der Waals surface area contributed by atoms with Crippen LogP contribution in [0.4, 0.5) is 0 Å². The van der Waals surface area contributed by atoms with E-state index < -0.39 is 0 Å². The van der Waals surface area contributed by atoms with Crippen LogP contribution in [0.5, 0.6) is 5.75 Å². The SMILES string of the molecule is CCNC[C@@H]1O[C@H](C2CCN(Cc3ccccc3)CC2)Cc2c1ccc(C)c2O. The molecule has 2 aromatic rings. The van der Waals surface area contributed by atoms with Crippen LogP contribution in [0, 0.1) is 12.8 Å². The van der Waals surface area contributed by atoms with Gasteiger partial charge in [-0.25, -0.2) is 0 Å². The monoisotopic (exact) mass is 394 g/mol. The van der Waals surface area contributed by atoms with Gasteiger partial charge in [0.2, 0.25) is 0 Å². The molecule has 0 amide bonds. The van der Waals surface area contributed by atoms with Crippen molar-refractivity contribution in [2.75, 3.05) is 26.2 Å². The maximum atomic E-state index is 10.7. The Hall–Kier alpha value is -1.88. The summed E-state index contributed by atoms with van der Waals surface area (Å²) in [5, 5.41) is 14.2. The molecular formula is C25H34N2O2. The van der Waals surface area contributed by atoms with Crippen LogP contribution in [0.15, 0.2) is 42.5 Å². The van der Waals surface area contributed by atoms with Gasteiger partial charge in [0.25, 0.3) is 0 Å². The molecule has 4 heteroatoms. The maximum absolute atomic E-state index is 10.7. The lowest BCUT2D eigenvalue weighted by atomic mass is 9.83. The highest BCUT2D eigenvalue weighted by Gasteiger charge is 2.35. The van der Waals surface area contributed by atoms with Crippen molar-refractivity contribution in [2.24, 2.45) is 5.92 Å². The first kappa shape index (κ1) is 20.4. The zero-order chi connectivity index (χ0) is 20.2. The van der Waals surface area contributed by atoms with Crippen LogP contribution in [0.25, 0.3) is 0 Å². The van der Waals surface area contributed by atoms with E-state index in [-0.39, 0.29) is 12.2 Å². The van der Waals surface area contributed by atoms with E-state index in [0.717, 1.165) is 68.7 Å². The average molecular weight is 395 g/mol. The highest BCUT2D eigenvalue weighted by molar-refractivity contribution is 5.47. The predicted octanol–water partition coefficient (Wildman–Crippen LogP) is 4.20. The van der Waals surface area contributed by atoms with Crippen LogP contribution in [-0.2, 0) is 17.7 Å². The lowest BCUT2D eigenvalue weighted by Crippen LogP contribution is -2.42. The quantitative estimate of drug-likeness (QED) is 0.771. The molecule has 0 spiro atoms. The summed E-state index contributed by atoms with van der Waals surface area (Å²) in [4.78, 5) is 2.56. The summed E-state index contributed by atoms with van der Waals surface area (Å²) in [6.07, 6.45) is 3.37. The van der Waals surface area contributed by atoms with Gasteiger partial charge in [-0.15, -0.1) is 0 Å². The number of phenols is 1. The molecule has 2 N–H and O–H groups in total. The van der Waals surface area contributed by atoms with Gasteiger partial charge >= 0.3 is 0 Å². The van der Waals surface area contributed by atoms with Crippen molar-refractivity contribution < 1.29 is 9.84 Å². The smallest absolute Gasteiger partial charge is 0.122 e. The molecule has 2 atom stereocenters. The second-order valence-corrected chi connectivity index (χ2v) is 8.57. The second-order valence-electron chi connectivity index (χ2n) is 8.57. The first-order valence-corrected chi connectivity index (χ1v) is 11.1. The number of hydrogen-bond acceptors (Lipinski definition) is 4. The van der Waals surface area contributed by atoms with Crippen LogP contribution >= 0.6 is 0 Å². The lowest BCUT2D eigenvalue weighted by Gasteiger charge is -2.41. The van der Waals surface area contributed by atoms with E-state index in [0.29, 0.717) is 11.7 Å². The number of piperidine rings is 1. The van der Waals surface area contributed by atoms with Gasteiger partial charge in [0, 0.05) is 25.1 Å². The van der Waals surface area contributed by atoms with Gasteiger partial charge < -0.3 is 15.2 Å². The molecule has 29 heavy (non-hydrogen) atoms. The zero-order valence-corrected chi connectivity index (χ0v) is 17.7. The number of likely N-dealkylation sites (tertiary alicyclic amines) is 1. The molecule has 2 aromatic carbocycles. The Labute approximate surface area is 174 Å². The van der Waals surface area contributed by atoms with Crippen LogP contribution in [-0.4, -0.2) is 42.3 Å². The van der Waals surface area contributed by atoms with Crippen molar-refractivity contribution in [3.8, 4) is 5.75 Å². The maximum Gasteiger partial charge on any atom is 0.122 e. The number of aryl methyl sites for hydroxylation is 1. The first-order chi connectivity index (χ1) is 14.2. The minimum atomic E-state index is 0.0255. The third kappa shape index (κ3) is 4.66. The molecule has 2 aliphatic rings. The highest BCUT2D eigenvalue weighted by atomic mass is 16.5. The largest absolute Gasteiger partial charge is 0.507 e. The summed E-state index contributed by atoms with van der Waals surface area (Å²) in [6.45, 7) is 9.10. The van der Waals surface area contributed by atoms with E-state index in [4.69, 9.17) is 4.74 Å². The van der Waals surface area contributed by atoms with E-state index >= 15 is 0 Å². The van der Waals surface area contributed by atoms with Gasteiger partial charge in [-0.2, -0.15) is 0 Å². The number of ether oxygens (including phenoxy) is 1. The molecule has 0 unspecified atom stereocenters. The fraction of sp³-hybridized carbons (Fsp3) is 0.520. The van der Waals surface area contributed by atoms with Gasteiger partial charge in [0.15, 0.2) is 0 Å². The second kappa shape index (κ2) is 9.29. The number of benzene rings is 2. The van der Waals surface area contributed by atoms with Crippen molar-refractivity contribution in [2.45, 2.75) is 51.9 Å². The van der Waals surface area contributed by atoms with Gasteiger partial charge in [0.1, 0.15) is 5.75 Å². The van der Waals surface area contributed by atoms with Crippen molar-refractivity contribution in [3.05, 3.63) is 64.7 Å². The summed E-state index contributed by atoms with van der Waals surface area (Å²) >= 11 is 0. The van der Waals surface area contributed by atoms with Crippen LogP contribution in [0.1, 0.15) is 48.1 Å². The van der Waals surface area contributed by atoms with E-state index in [1.165, 1.54) is 5.56 Å². The molecular weight excluding hydrogens is 360 g/mol. The standard InChI is InChI=1S/C25H34N2O2/c1-3-26-16-24-21-10-9-18(2)25(28)22(21)15-23(29-24)20-11-13-27(14-12-20)17-19-7-5-4-6-8-19/h4-10,20,23-24,26,28H,3,11-17H2,1-2H3/t23-,24-/m0/s1. The summed E-state index contributed by atoms with van der Waals surface area (Å²) in [5.41, 5.74) is 4.62. The van der Waals surface area contributed by atoms with Crippen LogP contribution < -0.4 is 5.32 Å². The van der Waals surface area contributed by atoms with E-state index in [2.05, 4.69) is 53.5 Å². The number of nitrogens with one attached hydrogen (secondary N) is 1. The number of phenolic OH excluding ortho intramolecular Hbond substituents is 1. The van der Waals surface area contributed by atoms with Crippen molar-refractivity contribution >= 4 is 0 Å². The molecule has 156 valence electrons. The number of aromatic hydroxyl groups is 1. The fourth-order valence-electron chi connectivity index (χ4n) is 4.85. The normalized spacial score (nSPS) is 23.1. The zero-order valence-electron chi connectivity index (χ0n) is 17.7. The van der Waals surface area contributed by atoms with E-state index in [1.807, 2.05) is 13.0 Å². The van der Waals surface area contributed by atoms with E-state index in [1.54, 1.807) is 0 Å². The fourth-order valence-corrected chi connectivity index (χ4v) is 4.85. The molecule has 1 saturated heterocycles. The number of likely N-dealkylation sites (N-methyl/N-ethyl adjacent to an activating group) is 1. The van der Waals surface area contributed by atoms with Gasteiger partial charge in [-0.1, -0.05) is 49.4 Å². The minimum absolute atomic E-state index is 0.0255. The third-order valence-corrected chi connectivity index (χ3v) is 6.60. The lowest BCUT2D eigenvalue weighted by molar-refractivity contribution is -0.0678. The van der Waals surface area contributed by atoms with Gasteiger partial charge in [-0.05, 0) is 62.0 Å². The molecule has 1 fully saturated rings. The molecule has 4 rings (SSSR count). The molecule has 2 heterocycles. The summed E-state index contributed by atoms with van der Waals surface area (Å²) < 4.78 is 6.61. The van der Waals surface area contributed by atoms with Gasteiger partial charge in [-0.3, -0.25) is 4.90 Å². The van der Waals surface area contributed by atoms with Crippen LogP contribution in [0.3, 0.4) is 0 Å². The molecule has 0 aromatic heterocycles. The third-order valence-electron chi connectivity index (χ3n) is 6.60. The predicted molar refractivity (Wildman–Crippen MR) is 117 cm³/mol. The summed E-state index contributed by atoms with van der Waals surface area (Å²) in [5.74, 6) is 1.03. The number of rotatable bonds is 6. The summed E-state index contributed by atoms with van der Waals surface area (Å²) in [7, 11) is 0. The van der Waals surface area contributed by atoms with Crippen molar-refractivity contribution in [1.82, 2.24) is 10.2 Å². The molecule has 0 aliphatic carbocycles. The molecule has 0 saturated carbocycles. The van der Waals surface area contributed by atoms with E-state index in [9.17, 15) is 5.11 Å². The molecule has 0 bridgehead atoms. The van der Waals surface area contributed by atoms with Crippen molar-refractivity contribution in [1.29, 1.82) is 0 Å². The van der Waals surface area contributed by atoms with Gasteiger partial charge in [0.05, 0.1) is 12.2 Å².